The first kappa shape index (κ1) is 24.5. The summed E-state index contributed by atoms with van der Waals surface area (Å²) in [6, 6.07) is 1.76. The minimum absolute atomic E-state index is 0.0398. The standard InChI is InChI=1S/C25H30N4O3/c1-7-19-10-11-20(25(31)32-9-3)24(30)21-14-18(15-28-23(19)21)12-13-27-17(5)29-16(4)22(8-2)26-6/h7-8,11,13-15,26,29H,4-5,9-10,12H2,1-3,6H3/b19-7-,22-8+,27-13?. The Labute approximate surface area is 189 Å². The minimum atomic E-state index is -0.613. The molecule has 1 heterocycles. The second kappa shape index (κ2) is 11.6. The molecular weight excluding hydrogens is 404 g/mol. The van der Waals surface area contributed by atoms with E-state index >= 15 is 0 Å². The molecule has 0 unspecified atom stereocenters. The van der Waals surface area contributed by atoms with E-state index in [1.54, 1.807) is 31.5 Å². The lowest BCUT2D eigenvalue weighted by molar-refractivity contribution is -0.138. The van der Waals surface area contributed by atoms with E-state index in [1.807, 2.05) is 33.0 Å². The van der Waals surface area contributed by atoms with E-state index in [1.165, 1.54) is 0 Å². The quantitative estimate of drug-likeness (QED) is 0.265. The Morgan fingerprint density at radius 1 is 1.34 bits per heavy atom. The third-order valence-electron chi connectivity index (χ3n) is 4.86. The predicted molar refractivity (Wildman–Crippen MR) is 128 cm³/mol. The van der Waals surface area contributed by atoms with Crippen molar-refractivity contribution in [1.82, 2.24) is 15.6 Å². The highest BCUT2D eigenvalue weighted by molar-refractivity contribution is 6.26. The maximum absolute atomic E-state index is 13.1. The summed E-state index contributed by atoms with van der Waals surface area (Å²) < 4.78 is 5.06. The topological polar surface area (TPSA) is 92.7 Å². The fourth-order valence-corrected chi connectivity index (χ4v) is 3.24. The SMILES string of the molecule is C=C(N=CCc1cnc2c(c1)C(=O)C(C(=O)OCC)=CC/C2=C/C)NC(=C)/C(=C\C)NC. The van der Waals surface area contributed by atoms with Crippen LogP contribution in [0.15, 0.2) is 71.4 Å². The van der Waals surface area contributed by atoms with Gasteiger partial charge in [0.15, 0.2) is 0 Å². The zero-order valence-electron chi connectivity index (χ0n) is 19.1. The number of rotatable bonds is 9. The molecular formula is C25H30N4O3. The number of esters is 1. The Balaban J connectivity index is 2.21. The van der Waals surface area contributed by atoms with E-state index in [0.29, 0.717) is 35.6 Å². The number of hydrogen-bond donors (Lipinski definition) is 2. The van der Waals surface area contributed by atoms with E-state index in [4.69, 9.17) is 4.74 Å². The first-order chi connectivity index (χ1) is 15.4. The monoisotopic (exact) mass is 434 g/mol. The fraction of sp³-hybridized carbons (Fsp3) is 0.280. The Hall–Kier alpha value is -3.74. The van der Waals surface area contributed by atoms with Crippen molar-refractivity contribution in [2.45, 2.75) is 33.6 Å². The van der Waals surface area contributed by atoms with Crippen LogP contribution in [0.3, 0.4) is 0 Å². The van der Waals surface area contributed by atoms with Crippen LogP contribution in [0, 0.1) is 0 Å². The highest BCUT2D eigenvalue weighted by atomic mass is 16.5. The smallest absolute Gasteiger partial charge is 0.341 e. The molecule has 0 saturated carbocycles. The van der Waals surface area contributed by atoms with Crippen molar-refractivity contribution >= 4 is 23.5 Å². The van der Waals surface area contributed by atoms with Crippen molar-refractivity contribution in [3.8, 4) is 0 Å². The van der Waals surface area contributed by atoms with Gasteiger partial charge in [-0.3, -0.25) is 9.78 Å². The molecule has 7 heteroatoms. The molecule has 7 nitrogen and oxygen atoms in total. The van der Waals surface area contributed by atoms with E-state index in [2.05, 4.69) is 33.8 Å². The number of nitrogens with one attached hydrogen (secondary N) is 2. The second-order valence-electron chi connectivity index (χ2n) is 6.94. The molecule has 0 atom stereocenters. The summed E-state index contributed by atoms with van der Waals surface area (Å²) in [7, 11) is 1.81. The summed E-state index contributed by atoms with van der Waals surface area (Å²) >= 11 is 0. The van der Waals surface area contributed by atoms with E-state index in [0.717, 1.165) is 16.8 Å². The highest BCUT2D eigenvalue weighted by Gasteiger charge is 2.27. The predicted octanol–water partition coefficient (Wildman–Crippen LogP) is 3.87. The van der Waals surface area contributed by atoms with Gasteiger partial charge in [-0.05, 0) is 44.4 Å². The molecule has 2 rings (SSSR count). The maximum atomic E-state index is 13.1. The Bertz CT molecular complexity index is 1050. The number of aliphatic imine (C=N–C) groups is 1. The zero-order valence-corrected chi connectivity index (χ0v) is 19.1. The summed E-state index contributed by atoms with van der Waals surface area (Å²) in [4.78, 5) is 34.2. The number of carbonyl (C=O) groups is 2. The number of nitrogens with zero attached hydrogens (tertiary/aromatic N) is 2. The van der Waals surface area contributed by atoms with Crippen LogP contribution in [0.5, 0.6) is 0 Å². The maximum Gasteiger partial charge on any atom is 0.341 e. The average molecular weight is 435 g/mol. The van der Waals surface area contributed by atoms with Gasteiger partial charge in [0.25, 0.3) is 0 Å². The molecule has 0 radical (unpaired) electrons. The number of carbonyl (C=O) groups excluding carboxylic acids is 2. The Morgan fingerprint density at radius 3 is 2.72 bits per heavy atom. The van der Waals surface area contributed by atoms with Gasteiger partial charge in [0.2, 0.25) is 5.78 Å². The molecule has 168 valence electrons. The summed E-state index contributed by atoms with van der Waals surface area (Å²) in [5.41, 5.74) is 4.19. The van der Waals surface area contributed by atoms with Crippen molar-refractivity contribution in [3.05, 3.63) is 83.3 Å². The van der Waals surface area contributed by atoms with Gasteiger partial charge >= 0.3 is 5.97 Å². The molecule has 0 saturated heterocycles. The lowest BCUT2D eigenvalue weighted by Crippen LogP contribution is -2.18. The molecule has 1 aromatic heterocycles. The molecule has 1 aliphatic rings. The lowest BCUT2D eigenvalue weighted by atomic mass is 9.99. The third-order valence-corrected chi connectivity index (χ3v) is 4.86. The van der Waals surface area contributed by atoms with Crippen LogP contribution in [-0.2, 0) is 16.0 Å². The van der Waals surface area contributed by atoms with Crippen LogP contribution in [0.2, 0.25) is 0 Å². The fourth-order valence-electron chi connectivity index (χ4n) is 3.24. The van der Waals surface area contributed by atoms with Crippen LogP contribution >= 0.6 is 0 Å². The Morgan fingerprint density at radius 2 is 2.09 bits per heavy atom. The minimum Gasteiger partial charge on any atom is -0.462 e. The molecule has 2 N–H and O–H groups in total. The van der Waals surface area contributed by atoms with Crippen LogP contribution < -0.4 is 10.6 Å². The van der Waals surface area contributed by atoms with Crippen molar-refractivity contribution in [1.29, 1.82) is 0 Å². The number of fused-ring (bicyclic) bond motifs is 1. The number of hydrogen-bond acceptors (Lipinski definition) is 7. The first-order valence-electron chi connectivity index (χ1n) is 10.4. The van der Waals surface area contributed by atoms with Gasteiger partial charge in [0.1, 0.15) is 11.4 Å². The van der Waals surface area contributed by atoms with Crippen LogP contribution in [0.4, 0.5) is 0 Å². The number of likely N-dealkylation sites (N-methyl/N-ethyl adjacent to an activating group) is 1. The summed E-state index contributed by atoms with van der Waals surface area (Å²) in [6.07, 6.45) is 9.68. The zero-order chi connectivity index (χ0) is 23.7. The van der Waals surface area contributed by atoms with Gasteiger partial charge in [-0.2, -0.15) is 0 Å². The summed E-state index contributed by atoms with van der Waals surface area (Å²) in [5.74, 6) is -0.556. The number of aromatic nitrogens is 1. The molecule has 0 amide bonds. The number of pyridine rings is 1. The second-order valence-corrected chi connectivity index (χ2v) is 6.94. The molecule has 32 heavy (non-hydrogen) atoms. The Kier molecular flexibility index (Phi) is 8.89. The van der Waals surface area contributed by atoms with E-state index in [-0.39, 0.29) is 18.0 Å². The average Bonchev–Trinajstić information content (AvgIpc) is 2.91. The molecule has 0 spiro atoms. The van der Waals surface area contributed by atoms with Crippen LogP contribution in [0.25, 0.3) is 5.57 Å². The molecule has 0 bridgehead atoms. The number of ether oxygens (including phenoxy) is 1. The third kappa shape index (κ3) is 5.91. The van der Waals surface area contributed by atoms with Gasteiger partial charge in [0.05, 0.1) is 23.7 Å². The van der Waals surface area contributed by atoms with Gasteiger partial charge in [0, 0.05) is 31.4 Å². The summed E-state index contributed by atoms with van der Waals surface area (Å²) in [5, 5.41) is 6.05. The number of ketones is 1. The summed E-state index contributed by atoms with van der Waals surface area (Å²) in [6.45, 7) is 13.5. The molecule has 0 aromatic carbocycles. The van der Waals surface area contributed by atoms with E-state index in [9.17, 15) is 9.59 Å². The van der Waals surface area contributed by atoms with Crippen LogP contribution in [0.1, 0.15) is 48.8 Å². The highest BCUT2D eigenvalue weighted by Crippen LogP contribution is 2.28. The van der Waals surface area contributed by atoms with Crippen molar-refractivity contribution in [2.75, 3.05) is 13.7 Å². The van der Waals surface area contributed by atoms with Crippen LogP contribution in [-0.4, -0.2) is 36.6 Å². The van der Waals surface area contributed by atoms with Gasteiger partial charge in [-0.25, -0.2) is 9.79 Å². The van der Waals surface area contributed by atoms with E-state index < -0.39 is 5.97 Å². The van der Waals surface area contributed by atoms with Crippen molar-refractivity contribution in [2.24, 2.45) is 4.99 Å². The molecule has 1 aliphatic carbocycles. The van der Waals surface area contributed by atoms with Crippen molar-refractivity contribution < 1.29 is 14.3 Å². The van der Waals surface area contributed by atoms with Crippen molar-refractivity contribution in [3.63, 3.8) is 0 Å². The first-order valence-corrected chi connectivity index (χ1v) is 10.4. The van der Waals surface area contributed by atoms with Gasteiger partial charge < -0.3 is 15.4 Å². The number of allylic oxidation sites excluding steroid dienone is 4. The molecule has 0 fully saturated rings. The normalized spacial score (nSPS) is 15.1. The largest absolute Gasteiger partial charge is 0.462 e. The van der Waals surface area contributed by atoms with Gasteiger partial charge in [-0.15, -0.1) is 0 Å². The number of Topliss-reactive ketones (excluding diaryl/α,β-unsaturated/α-hetero) is 1. The molecule has 1 aromatic rings. The molecule has 0 aliphatic heterocycles. The lowest BCUT2D eigenvalue weighted by Gasteiger charge is -2.12. The van der Waals surface area contributed by atoms with Gasteiger partial charge in [-0.1, -0.05) is 31.4 Å².